The van der Waals surface area contributed by atoms with E-state index in [1.165, 1.54) is 0 Å². The average Bonchev–Trinajstić information content (AvgIpc) is 2.90. The molecule has 4 aromatic rings. The predicted molar refractivity (Wildman–Crippen MR) is 138 cm³/mol. The highest BCUT2D eigenvalue weighted by Crippen LogP contribution is 2.21. The lowest BCUT2D eigenvalue weighted by Gasteiger charge is -2.13. The number of rotatable bonds is 7. The van der Waals surface area contributed by atoms with E-state index >= 15 is 0 Å². The number of nitrogens with one attached hydrogen (secondary N) is 3. The molecule has 0 atom stereocenters. The lowest BCUT2D eigenvalue weighted by Crippen LogP contribution is -2.25. The standard InChI is InChI=1S/C29H25N3O3/c1-20-16-17-23(18-26(20)32-27(33)22-12-6-3-7-13-22)28(34)31-25-15-9-8-14-24(25)29(35)30-19-21-10-4-2-5-11-21/h2-18H,19H2,1H3,(H,30,35)(H,31,34)(H,32,33). The first-order chi connectivity index (χ1) is 17.0. The van der Waals surface area contributed by atoms with E-state index in [9.17, 15) is 14.4 Å². The van der Waals surface area contributed by atoms with Gasteiger partial charge in [0.2, 0.25) is 0 Å². The van der Waals surface area contributed by atoms with Crippen LogP contribution in [-0.4, -0.2) is 17.7 Å². The molecule has 0 fully saturated rings. The molecule has 0 aliphatic heterocycles. The number of carbonyl (C=O) groups excluding carboxylic acids is 3. The molecule has 6 heteroatoms. The molecule has 0 saturated carbocycles. The molecular weight excluding hydrogens is 438 g/mol. The fraction of sp³-hybridized carbons (Fsp3) is 0.0690. The van der Waals surface area contributed by atoms with Crippen LogP contribution in [0.15, 0.2) is 103 Å². The van der Waals surface area contributed by atoms with Crippen LogP contribution in [0.3, 0.4) is 0 Å². The zero-order valence-corrected chi connectivity index (χ0v) is 19.2. The van der Waals surface area contributed by atoms with Crippen molar-refractivity contribution in [3.8, 4) is 0 Å². The maximum absolute atomic E-state index is 13.0. The number of hydrogen-bond donors (Lipinski definition) is 3. The lowest BCUT2D eigenvalue weighted by molar-refractivity contribution is 0.0951. The van der Waals surface area contributed by atoms with Gasteiger partial charge in [0.15, 0.2) is 0 Å². The zero-order chi connectivity index (χ0) is 24.6. The molecule has 0 spiro atoms. The number of aryl methyl sites for hydroxylation is 1. The Morgan fingerprint density at radius 3 is 1.94 bits per heavy atom. The van der Waals surface area contributed by atoms with E-state index in [2.05, 4.69) is 16.0 Å². The molecule has 0 heterocycles. The Morgan fingerprint density at radius 2 is 1.20 bits per heavy atom. The topological polar surface area (TPSA) is 87.3 Å². The van der Waals surface area contributed by atoms with Gasteiger partial charge in [-0.15, -0.1) is 0 Å². The van der Waals surface area contributed by atoms with E-state index in [0.29, 0.717) is 34.6 Å². The van der Waals surface area contributed by atoms with E-state index in [1.54, 1.807) is 66.7 Å². The van der Waals surface area contributed by atoms with Gasteiger partial charge < -0.3 is 16.0 Å². The van der Waals surface area contributed by atoms with Crippen molar-refractivity contribution in [1.82, 2.24) is 5.32 Å². The fourth-order valence-corrected chi connectivity index (χ4v) is 3.54. The summed E-state index contributed by atoms with van der Waals surface area (Å²) >= 11 is 0. The number of benzene rings is 4. The SMILES string of the molecule is Cc1ccc(C(=O)Nc2ccccc2C(=O)NCc2ccccc2)cc1NC(=O)c1ccccc1. The number of anilines is 2. The Hall–Kier alpha value is -4.71. The van der Waals surface area contributed by atoms with Gasteiger partial charge in [-0.05, 0) is 54.4 Å². The second-order valence-corrected chi connectivity index (χ2v) is 8.02. The van der Waals surface area contributed by atoms with Gasteiger partial charge in [-0.25, -0.2) is 0 Å². The number of hydrogen-bond acceptors (Lipinski definition) is 3. The van der Waals surface area contributed by atoms with Gasteiger partial charge in [0.05, 0.1) is 11.3 Å². The Bertz CT molecular complexity index is 1350. The molecule has 0 radical (unpaired) electrons. The third-order valence-electron chi connectivity index (χ3n) is 5.50. The summed E-state index contributed by atoms with van der Waals surface area (Å²) in [7, 11) is 0. The van der Waals surface area contributed by atoms with Gasteiger partial charge >= 0.3 is 0 Å². The van der Waals surface area contributed by atoms with Crippen molar-refractivity contribution in [3.05, 3.63) is 131 Å². The van der Waals surface area contributed by atoms with Gasteiger partial charge in [-0.1, -0.05) is 66.7 Å². The summed E-state index contributed by atoms with van der Waals surface area (Å²) in [6.07, 6.45) is 0. The summed E-state index contributed by atoms with van der Waals surface area (Å²) in [5.41, 5.74) is 4.00. The maximum atomic E-state index is 13.0. The molecule has 3 N–H and O–H groups in total. The van der Waals surface area contributed by atoms with Gasteiger partial charge in [-0.3, -0.25) is 14.4 Å². The molecule has 0 bridgehead atoms. The van der Waals surface area contributed by atoms with E-state index in [1.807, 2.05) is 43.3 Å². The Balaban J connectivity index is 1.48. The first-order valence-corrected chi connectivity index (χ1v) is 11.2. The highest BCUT2D eigenvalue weighted by Gasteiger charge is 2.16. The first-order valence-electron chi connectivity index (χ1n) is 11.2. The van der Waals surface area contributed by atoms with Crippen molar-refractivity contribution >= 4 is 29.1 Å². The van der Waals surface area contributed by atoms with Crippen molar-refractivity contribution in [2.24, 2.45) is 0 Å². The molecule has 174 valence electrons. The minimum Gasteiger partial charge on any atom is -0.348 e. The Labute approximate surface area is 204 Å². The summed E-state index contributed by atoms with van der Waals surface area (Å²) < 4.78 is 0. The van der Waals surface area contributed by atoms with Crippen LogP contribution < -0.4 is 16.0 Å². The lowest BCUT2D eigenvalue weighted by atomic mass is 10.1. The number of carbonyl (C=O) groups is 3. The normalized spacial score (nSPS) is 10.3. The second-order valence-electron chi connectivity index (χ2n) is 8.02. The Morgan fingerprint density at radius 1 is 0.600 bits per heavy atom. The highest BCUT2D eigenvalue weighted by molar-refractivity contribution is 6.10. The quantitative estimate of drug-likeness (QED) is 0.342. The van der Waals surface area contributed by atoms with E-state index in [0.717, 1.165) is 11.1 Å². The molecule has 0 aliphatic rings. The summed E-state index contributed by atoms with van der Waals surface area (Å²) in [4.78, 5) is 38.4. The van der Waals surface area contributed by atoms with Crippen molar-refractivity contribution in [2.45, 2.75) is 13.5 Å². The van der Waals surface area contributed by atoms with Crippen molar-refractivity contribution in [2.75, 3.05) is 10.6 Å². The van der Waals surface area contributed by atoms with Crippen LogP contribution in [-0.2, 0) is 6.54 Å². The van der Waals surface area contributed by atoms with Crippen LogP contribution in [0, 0.1) is 6.92 Å². The molecule has 6 nitrogen and oxygen atoms in total. The average molecular weight is 464 g/mol. The largest absolute Gasteiger partial charge is 0.348 e. The zero-order valence-electron chi connectivity index (χ0n) is 19.2. The van der Waals surface area contributed by atoms with E-state index < -0.39 is 0 Å². The molecule has 0 saturated heterocycles. The van der Waals surface area contributed by atoms with Gasteiger partial charge in [0.1, 0.15) is 0 Å². The van der Waals surface area contributed by atoms with Crippen LogP contribution in [0.1, 0.15) is 42.2 Å². The van der Waals surface area contributed by atoms with Crippen molar-refractivity contribution in [3.63, 3.8) is 0 Å². The van der Waals surface area contributed by atoms with Gasteiger partial charge in [-0.2, -0.15) is 0 Å². The smallest absolute Gasteiger partial charge is 0.255 e. The van der Waals surface area contributed by atoms with Crippen LogP contribution in [0.5, 0.6) is 0 Å². The highest BCUT2D eigenvalue weighted by atomic mass is 16.2. The number of amides is 3. The molecule has 3 amide bonds. The van der Waals surface area contributed by atoms with Crippen LogP contribution in [0.2, 0.25) is 0 Å². The van der Waals surface area contributed by atoms with Crippen LogP contribution in [0.4, 0.5) is 11.4 Å². The predicted octanol–water partition coefficient (Wildman–Crippen LogP) is 5.43. The van der Waals surface area contributed by atoms with Gasteiger partial charge in [0.25, 0.3) is 17.7 Å². The Kier molecular flexibility index (Phi) is 7.33. The van der Waals surface area contributed by atoms with Gasteiger partial charge in [0, 0.05) is 23.4 Å². The summed E-state index contributed by atoms with van der Waals surface area (Å²) in [5.74, 6) is -0.931. The maximum Gasteiger partial charge on any atom is 0.255 e. The third-order valence-corrected chi connectivity index (χ3v) is 5.50. The molecule has 0 aromatic heterocycles. The minimum absolute atomic E-state index is 0.258. The fourth-order valence-electron chi connectivity index (χ4n) is 3.54. The molecule has 0 unspecified atom stereocenters. The molecule has 0 aliphatic carbocycles. The molecular formula is C29H25N3O3. The van der Waals surface area contributed by atoms with Crippen LogP contribution >= 0.6 is 0 Å². The molecule has 35 heavy (non-hydrogen) atoms. The number of para-hydroxylation sites is 1. The molecule has 4 aromatic carbocycles. The van der Waals surface area contributed by atoms with E-state index in [-0.39, 0.29) is 17.7 Å². The van der Waals surface area contributed by atoms with Crippen molar-refractivity contribution in [1.29, 1.82) is 0 Å². The monoisotopic (exact) mass is 463 g/mol. The van der Waals surface area contributed by atoms with Crippen molar-refractivity contribution < 1.29 is 14.4 Å². The second kappa shape index (κ2) is 10.9. The first kappa shape index (κ1) is 23.4. The molecule has 4 rings (SSSR count). The minimum atomic E-state index is -0.386. The van der Waals surface area contributed by atoms with Crippen LogP contribution in [0.25, 0.3) is 0 Å². The third kappa shape index (κ3) is 6.00. The summed E-state index contributed by atoms with van der Waals surface area (Å²) in [6.45, 7) is 2.24. The summed E-state index contributed by atoms with van der Waals surface area (Å²) in [6, 6.07) is 30.4. The summed E-state index contributed by atoms with van der Waals surface area (Å²) in [5, 5.41) is 8.57. The van der Waals surface area contributed by atoms with E-state index in [4.69, 9.17) is 0 Å².